The molecule has 0 aliphatic carbocycles. The number of nitrogens with one attached hydrogen (secondary N) is 1. The molecule has 112 valence electrons. The van der Waals surface area contributed by atoms with Gasteiger partial charge in [-0.2, -0.15) is 4.31 Å². The molecule has 20 heavy (non-hydrogen) atoms. The van der Waals surface area contributed by atoms with Crippen LogP contribution in [-0.2, 0) is 10.0 Å². The SMILES string of the molecule is CCNc1ccccc1S(=O)(=O)N1[C@H](C)CCC[C@@H]1C. The van der Waals surface area contributed by atoms with Gasteiger partial charge in [-0.05, 0) is 45.7 Å². The van der Waals surface area contributed by atoms with Gasteiger partial charge in [-0.25, -0.2) is 8.42 Å². The van der Waals surface area contributed by atoms with E-state index in [0.29, 0.717) is 17.1 Å². The number of para-hydroxylation sites is 1. The van der Waals surface area contributed by atoms with E-state index in [-0.39, 0.29) is 12.1 Å². The van der Waals surface area contributed by atoms with Crippen molar-refractivity contribution in [1.29, 1.82) is 0 Å². The molecular formula is C15H24N2O2S. The van der Waals surface area contributed by atoms with E-state index < -0.39 is 10.0 Å². The number of piperidine rings is 1. The van der Waals surface area contributed by atoms with Crippen molar-refractivity contribution in [2.75, 3.05) is 11.9 Å². The van der Waals surface area contributed by atoms with Crippen molar-refractivity contribution in [3.8, 4) is 0 Å². The van der Waals surface area contributed by atoms with Crippen molar-refractivity contribution in [3.05, 3.63) is 24.3 Å². The topological polar surface area (TPSA) is 49.4 Å². The van der Waals surface area contributed by atoms with Crippen LogP contribution < -0.4 is 5.32 Å². The zero-order valence-corrected chi connectivity index (χ0v) is 13.3. The van der Waals surface area contributed by atoms with Crippen molar-refractivity contribution in [1.82, 2.24) is 4.31 Å². The van der Waals surface area contributed by atoms with E-state index in [1.165, 1.54) is 0 Å². The Kier molecular flexibility index (Phi) is 4.70. The first-order chi connectivity index (χ1) is 9.48. The average Bonchev–Trinajstić information content (AvgIpc) is 2.39. The smallest absolute Gasteiger partial charge is 0.245 e. The van der Waals surface area contributed by atoms with Crippen molar-refractivity contribution >= 4 is 15.7 Å². The summed E-state index contributed by atoms with van der Waals surface area (Å²) in [6.07, 6.45) is 2.98. The van der Waals surface area contributed by atoms with Gasteiger partial charge < -0.3 is 5.32 Å². The predicted molar refractivity (Wildman–Crippen MR) is 82.4 cm³/mol. The van der Waals surface area contributed by atoms with E-state index in [4.69, 9.17) is 0 Å². The van der Waals surface area contributed by atoms with Gasteiger partial charge in [-0.3, -0.25) is 0 Å². The molecule has 1 aromatic rings. The van der Waals surface area contributed by atoms with E-state index in [9.17, 15) is 8.42 Å². The summed E-state index contributed by atoms with van der Waals surface area (Å²) in [6.45, 7) is 6.68. The van der Waals surface area contributed by atoms with Crippen LogP contribution >= 0.6 is 0 Å². The number of hydrogen-bond acceptors (Lipinski definition) is 3. The van der Waals surface area contributed by atoms with Crippen molar-refractivity contribution in [2.24, 2.45) is 0 Å². The summed E-state index contributed by atoms with van der Waals surface area (Å²) in [7, 11) is -3.44. The number of sulfonamides is 1. The van der Waals surface area contributed by atoms with Crippen molar-refractivity contribution in [2.45, 2.75) is 57.0 Å². The first-order valence-corrected chi connectivity index (χ1v) is 8.79. The fourth-order valence-corrected chi connectivity index (χ4v) is 5.07. The quantitative estimate of drug-likeness (QED) is 0.929. The molecule has 1 aliphatic rings. The lowest BCUT2D eigenvalue weighted by molar-refractivity contribution is 0.204. The molecule has 0 bridgehead atoms. The van der Waals surface area contributed by atoms with Gasteiger partial charge in [0.15, 0.2) is 0 Å². The minimum Gasteiger partial charge on any atom is -0.384 e. The van der Waals surface area contributed by atoms with E-state index in [1.54, 1.807) is 16.4 Å². The molecule has 0 spiro atoms. The van der Waals surface area contributed by atoms with Gasteiger partial charge in [0, 0.05) is 18.6 Å². The van der Waals surface area contributed by atoms with Crippen LogP contribution in [0.2, 0.25) is 0 Å². The maximum Gasteiger partial charge on any atom is 0.245 e. The fraction of sp³-hybridized carbons (Fsp3) is 0.600. The molecule has 4 nitrogen and oxygen atoms in total. The van der Waals surface area contributed by atoms with Crippen LogP contribution in [0, 0.1) is 0 Å². The third-order valence-electron chi connectivity index (χ3n) is 3.92. The lowest BCUT2D eigenvalue weighted by Gasteiger charge is -2.38. The van der Waals surface area contributed by atoms with E-state index in [2.05, 4.69) is 5.32 Å². The van der Waals surface area contributed by atoms with Gasteiger partial charge >= 0.3 is 0 Å². The summed E-state index contributed by atoms with van der Waals surface area (Å²) in [5, 5.41) is 3.15. The maximum atomic E-state index is 13.0. The Balaban J connectivity index is 2.44. The van der Waals surface area contributed by atoms with Gasteiger partial charge in [0.25, 0.3) is 0 Å². The highest BCUT2D eigenvalue weighted by molar-refractivity contribution is 7.89. The molecule has 0 radical (unpaired) electrons. The monoisotopic (exact) mass is 296 g/mol. The molecule has 1 fully saturated rings. The zero-order valence-electron chi connectivity index (χ0n) is 12.5. The second kappa shape index (κ2) is 6.14. The highest BCUT2D eigenvalue weighted by Crippen LogP contribution is 2.32. The molecule has 1 heterocycles. The van der Waals surface area contributed by atoms with Crippen LogP contribution in [0.1, 0.15) is 40.0 Å². The van der Waals surface area contributed by atoms with E-state index in [1.807, 2.05) is 32.9 Å². The molecule has 1 aromatic carbocycles. The van der Waals surface area contributed by atoms with Crippen molar-refractivity contribution < 1.29 is 8.42 Å². The van der Waals surface area contributed by atoms with Crippen molar-refractivity contribution in [3.63, 3.8) is 0 Å². The zero-order chi connectivity index (χ0) is 14.8. The number of anilines is 1. The molecule has 1 saturated heterocycles. The van der Waals surface area contributed by atoms with Gasteiger partial charge in [0.1, 0.15) is 4.90 Å². The normalized spacial score (nSPS) is 24.6. The van der Waals surface area contributed by atoms with Crippen LogP contribution in [0.3, 0.4) is 0 Å². The summed E-state index contributed by atoms with van der Waals surface area (Å²) >= 11 is 0. The van der Waals surface area contributed by atoms with E-state index in [0.717, 1.165) is 19.3 Å². The highest BCUT2D eigenvalue weighted by Gasteiger charge is 2.36. The number of rotatable bonds is 4. The summed E-state index contributed by atoms with van der Waals surface area (Å²) < 4.78 is 27.7. The van der Waals surface area contributed by atoms with Gasteiger partial charge in [-0.1, -0.05) is 18.6 Å². The number of hydrogen-bond donors (Lipinski definition) is 1. The van der Waals surface area contributed by atoms with Crippen LogP contribution in [0.5, 0.6) is 0 Å². The third-order valence-corrected chi connectivity index (χ3v) is 6.11. The van der Waals surface area contributed by atoms with Gasteiger partial charge in [0.05, 0.1) is 5.69 Å². The Hall–Kier alpha value is -1.07. The summed E-state index contributed by atoms with van der Waals surface area (Å²) in [5.41, 5.74) is 0.694. The lowest BCUT2D eigenvalue weighted by atomic mass is 10.0. The summed E-state index contributed by atoms with van der Waals surface area (Å²) in [4.78, 5) is 0.391. The molecule has 1 aliphatic heterocycles. The molecular weight excluding hydrogens is 272 g/mol. The van der Waals surface area contributed by atoms with Crippen LogP contribution in [0.15, 0.2) is 29.2 Å². The highest BCUT2D eigenvalue weighted by atomic mass is 32.2. The van der Waals surface area contributed by atoms with Gasteiger partial charge in [-0.15, -0.1) is 0 Å². The Labute approximate surface area is 122 Å². The summed E-state index contributed by atoms with van der Waals surface area (Å²) in [5.74, 6) is 0. The van der Waals surface area contributed by atoms with Crippen LogP contribution in [0.25, 0.3) is 0 Å². The fourth-order valence-electron chi connectivity index (χ4n) is 3.01. The second-order valence-corrected chi connectivity index (χ2v) is 7.30. The Bertz CT molecular complexity index is 547. The average molecular weight is 296 g/mol. The third kappa shape index (κ3) is 2.83. The molecule has 2 atom stereocenters. The maximum absolute atomic E-state index is 13.0. The first-order valence-electron chi connectivity index (χ1n) is 7.35. The molecule has 0 aromatic heterocycles. The predicted octanol–water partition coefficient (Wildman–Crippen LogP) is 3.07. The van der Waals surface area contributed by atoms with Crippen LogP contribution in [-0.4, -0.2) is 31.4 Å². The molecule has 2 rings (SSSR count). The molecule has 0 unspecified atom stereocenters. The Morgan fingerprint density at radius 1 is 1.20 bits per heavy atom. The number of nitrogens with zero attached hydrogens (tertiary/aromatic N) is 1. The minimum atomic E-state index is -3.44. The standard InChI is InChI=1S/C15H24N2O2S/c1-4-16-14-10-5-6-11-15(14)20(18,19)17-12(2)8-7-9-13(17)3/h5-6,10-13,16H,4,7-9H2,1-3H3/t12-,13+. The van der Waals surface area contributed by atoms with E-state index >= 15 is 0 Å². The lowest BCUT2D eigenvalue weighted by Crippen LogP contribution is -2.47. The summed E-state index contributed by atoms with van der Waals surface area (Å²) in [6, 6.07) is 7.31. The second-order valence-electron chi connectivity index (χ2n) is 5.49. The first kappa shape index (κ1) is 15.3. The molecule has 5 heteroatoms. The molecule has 1 N–H and O–H groups in total. The van der Waals surface area contributed by atoms with Gasteiger partial charge in [0.2, 0.25) is 10.0 Å². The number of benzene rings is 1. The largest absolute Gasteiger partial charge is 0.384 e. The Morgan fingerprint density at radius 2 is 1.80 bits per heavy atom. The molecule has 0 saturated carbocycles. The van der Waals surface area contributed by atoms with Crippen LogP contribution in [0.4, 0.5) is 5.69 Å². The Morgan fingerprint density at radius 3 is 2.40 bits per heavy atom. The minimum absolute atomic E-state index is 0.0680. The molecule has 0 amide bonds.